The fourth-order valence-electron chi connectivity index (χ4n) is 1.68. The minimum Gasteiger partial charge on any atom is -0.393 e. The molecule has 0 saturated carbocycles. The van der Waals surface area contributed by atoms with Crippen LogP contribution in [0.15, 0.2) is 0 Å². The standard InChI is InChI=1S/C12H27NO2/c1-9(2)12(8-15-5)13-7-10(3)6-11(4)14/h9-14H,6-8H2,1-5H3. The molecular formula is C12H27NO2. The van der Waals surface area contributed by atoms with E-state index in [1.807, 2.05) is 6.92 Å². The normalized spacial score (nSPS) is 17.8. The summed E-state index contributed by atoms with van der Waals surface area (Å²) >= 11 is 0. The molecule has 3 atom stereocenters. The Morgan fingerprint density at radius 1 is 1.20 bits per heavy atom. The smallest absolute Gasteiger partial charge is 0.0618 e. The van der Waals surface area contributed by atoms with Gasteiger partial charge in [-0.15, -0.1) is 0 Å². The van der Waals surface area contributed by atoms with Crippen molar-refractivity contribution < 1.29 is 9.84 Å². The van der Waals surface area contributed by atoms with Crippen LogP contribution in [0, 0.1) is 11.8 Å². The molecule has 3 nitrogen and oxygen atoms in total. The molecule has 2 N–H and O–H groups in total. The molecule has 0 amide bonds. The van der Waals surface area contributed by atoms with E-state index in [9.17, 15) is 5.11 Å². The Hall–Kier alpha value is -0.120. The van der Waals surface area contributed by atoms with E-state index in [2.05, 4.69) is 26.1 Å². The largest absolute Gasteiger partial charge is 0.393 e. The van der Waals surface area contributed by atoms with Gasteiger partial charge in [0.1, 0.15) is 0 Å². The van der Waals surface area contributed by atoms with Crippen LogP contribution in [0.4, 0.5) is 0 Å². The fourth-order valence-corrected chi connectivity index (χ4v) is 1.68. The highest BCUT2D eigenvalue weighted by Crippen LogP contribution is 2.07. The Morgan fingerprint density at radius 2 is 1.80 bits per heavy atom. The third kappa shape index (κ3) is 7.77. The van der Waals surface area contributed by atoms with E-state index in [-0.39, 0.29) is 6.10 Å². The molecule has 0 spiro atoms. The first-order valence-corrected chi connectivity index (χ1v) is 5.87. The Balaban J connectivity index is 3.77. The highest BCUT2D eigenvalue weighted by atomic mass is 16.5. The molecule has 15 heavy (non-hydrogen) atoms. The van der Waals surface area contributed by atoms with Crippen molar-refractivity contribution in [2.45, 2.75) is 46.3 Å². The first kappa shape index (κ1) is 14.9. The Labute approximate surface area is 94.2 Å². The second kappa shape index (κ2) is 8.08. The zero-order chi connectivity index (χ0) is 11.8. The van der Waals surface area contributed by atoms with Gasteiger partial charge in [-0.2, -0.15) is 0 Å². The number of rotatable bonds is 8. The molecule has 92 valence electrons. The minimum atomic E-state index is -0.207. The molecule has 0 fully saturated rings. The summed E-state index contributed by atoms with van der Waals surface area (Å²) in [5, 5.41) is 12.7. The molecule has 0 radical (unpaired) electrons. The zero-order valence-electron chi connectivity index (χ0n) is 10.8. The zero-order valence-corrected chi connectivity index (χ0v) is 10.8. The van der Waals surface area contributed by atoms with E-state index < -0.39 is 0 Å². The summed E-state index contributed by atoms with van der Waals surface area (Å²) < 4.78 is 5.17. The number of aliphatic hydroxyl groups excluding tert-OH is 1. The van der Waals surface area contributed by atoms with E-state index in [0.717, 1.165) is 19.6 Å². The summed E-state index contributed by atoms with van der Waals surface area (Å²) in [5.74, 6) is 1.08. The van der Waals surface area contributed by atoms with Crippen molar-refractivity contribution in [3.05, 3.63) is 0 Å². The van der Waals surface area contributed by atoms with Crippen LogP contribution in [0.3, 0.4) is 0 Å². The molecule has 0 aliphatic rings. The summed E-state index contributed by atoms with van der Waals surface area (Å²) in [6.45, 7) is 10.1. The summed E-state index contributed by atoms with van der Waals surface area (Å²) in [5.41, 5.74) is 0. The number of hydrogen-bond donors (Lipinski definition) is 2. The number of nitrogens with one attached hydrogen (secondary N) is 1. The third-order valence-corrected chi connectivity index (χ3v) is 2.62. The molecule has 3 heteroatoms. The van der Waals surface area contributed by atoms with Gasteiger partial charge >= 0.3 is 0 Å². The fraction of sp³-hybridized carbons (Fsp3) is 1.00. The SMILES string of the molecule is COCC(NCC(C)CC(C)O)C(C)C. The van der Waals surface area contributed by atoms with E-state index in [1.54, 1.807) is 7.11 Å². The third-order valence-electron chi connectivity index (χ3n) is 2.62. The van der Waals surface area contributed by atoms with Crippen LogP contribution in [0.1, 0.15) is 34.1 Å². The molecule has 0 aliphatic heterocycles. The highest BCUT2D eigenvalue weighted by Gasteiger charge is 2.14. The van der Waals surface area contributed by atoms with Gasteiger partial charge in [0.15, 0.2) is 0 Å². The molecule has 0 aromatic carbocycles. The van der Waals surface area contributed by atoms with Crippen LogP contribution in [0.5, 0.6) is 0 Å². The molecule has 0 aliphatic carbocycles. The van der Waals surface area contributed by atoms with Gasteiger partial charge in [-0.1, -0.05) is 20.8 Å². The number of ether oxygens (including phenoxy) is 1. The lowest BCUT2D eigenvalue weighted by Crippen LogP contribution is -2.40. The van der Waals surface area contributed by atoms with Crippen molar-refractivity contribution in [1.29, 1.82) is 0 Å². The van der Waals surface area contributed by atoms with E-state index >= 15 is 0 Å². The Kier molecular flexibility index (Phi) is 8.02. The van der Waals surface area contributed by atoms with E-state index in [0.29, 0.717) is 17.9 Å². The van der Waals surface area contributed by atoms with Gasteiger partial charge in [0.2, 0.25) is 0 Å². The van der Waals surface area contributed by atoms with Gasteiger partial charge in [0.25, 0.3) is 0 Å². The lowest BCUT2D eigenvalue weighted by Gasteiger charge is -2.24. The predicted octanol–water partition coefficient (Wildman–Crippen LogP) is 1.65. The number of hydrogen-bond acceptors (Lipinski definition) is 3. The maximum atomic E-state index is 9.25. The van der Waals surface area contributed by atoms with Crippen LogP contribution in [0.2, 0.25) is 0 Å². The molecule has 0 bridgehead atoms. The molecule has 0 heterocycles. The van der Waals surface area contributed by atoms with Gasteiger partial charge < -0.3 is 15.2 Å². The van der Waals surface area contributed by atoms with Gasteiger partial charge in [-0.3, -0.25) is 0 Å². The lowest BCUT2D eigenvalue weighted by atomic mass is 10.0. The maximum absolute atomic E-state index is 9.25. The predicted molar refractivity (Wildman–Crippen MR) is 64.0 cm³/mol. The molecular weight excluding hydrogens is 190 g/mol. The minimum absolute atomic E-state index is 0.207. The van der Waals surface area contributed by atoms with Crippen LogP contribution in [0.25, 0.3) is 0 Å². The van der Waals surface area contributed by atoms with Crippen molar-refractivity contribution in [1.82, 2.24) is 5.32 Å². The summed E-state index contributed by atoms with van der Waals surface area (Å²) in [6, 6.07) is 0.409. The van der Waals surface area contributed by atoms with Gasteiger partial charge in [-0.25, -0.2) is 0 Å². The maximum Gasteiger partial charge on any atom is 0.0618 e. The van der Waals surface area contributed by atoms with Crippen molar-refractivity contribution in [2.24, 2.45) is 11.8 Å². The first-order valence-electron chi connectivity index (χ1n) is 5.87. The second-order valence-corrected chi connectivity index (χ2v) is 4.90. The van der Waals surface area contributed by atoms with E-state index in [4.69, 9.17) is 4.74 Å². The Morgan fingerprint density at radius 3 is 2.20 bits per heavy atom. The summed E-state index contributed by atoms with van der Waals surface area (Å²) in [7, 11) is 1.73. The van der Waals surface area contributed by atoms with Crippen molar-refractivity contribution in [2.75, 3.05) is 20.3 Å². The second-order valence-electron chi connectivity index (χ2n) is 4.90. The quantitative estimate of drug-likeness (QED) is 0.649. The first-order chi connectivity index (χ1) is 6.97. The van der Waals surface area contributed by atoms with E-state index in [1.165, 1.54) is 0 Å². The van der Waals surface area contributed by atoms with Crippen molar-refractivity contribution in [3.63, 3.8) is 0 Å². The van der Waals surface area contributed by atoms with Gasteiger partial charge in [-0.05, 0) is 31.7 Å². The molecule has 0 rings (SSSR count). The molecule has 0 saturated heterocycles. The average molecular weight is 217 g/mol. The lowest BCUT2D eigenvalue weighted by molar-refractivity contribution is 0.136. The Bertz CT molecular complexity index is 149. The van der Waals surface area contributed by atoms with Crippen molar-refractivity contribution in [3.8, 4) is 0 Å². The van der Waals surface area contributed by atoms with Crippen LogP contribution >= 0.6 is 0 Å². The molecule has 3 unspecified atom stereocenters. The summed E-state index contributed by atoms with van der Waals surface area (Å²) in [4.78, 5) is 0. The van der Waals surface area contributed by atoms with Gasteiger partial charge in [0, 0.05) is 13.2 Å². The highest BCUT2D eigenvalue weighted by molar-refractivity contribution is 4.71. The number of aliphatic hydroxyl groups is 1. The molecule has 0 aromatic heterocycles. The van der Waals surface area contributed by atoms with Crippen LogP contribution in [-0.4, -0.2) is 37.5 Å². The van der Waals surface area contributed by atoms with Crippen LogP contribution in [-0.2, 0) is 4.74 Å². The monoisotopic (exact) mass is 217 g/mol. The van der Waals surface area contributed by atoms with Gasteiger partial charge in [0.05, 0.1) is 12.7 Å². The van der Waals surface area contributed by atoms with Crippen LogP contribution < -0.4 is 5.32 Å². The number of methoxy groups -OCH3 is 1. The topological polar surface area (TPSA) is 41.5 Å². The summed E-state index contributed by atoms with van der Waals surface area (Å²) in [6.07, 6.45) is 0.645. The average Bonchev–Trinajstić information content (AvgIpc) is 2.10. The van der Waals surface area contributed by atoms with Crippen molar-refractivity contribution >= 4 is 0 Å². The molecule has 0 aromatic rings.